The van der Waals surface area contributed by atoms with E-state index in [0.29, 0.717) is 18.8 Å². The number of benzene rings is 1. The zero-order valence-electron chi connectivity index (χ0n) is 9.15. The molecule has 1 aromatic heterocycles. The molecule has 5 heteroatoms. The Hall–Kier alpha value is -1.72. The van der Waals surface area contributed by atoms with Crippen molar-refractivity contribution in [3.8, 4) is 5.69 Å². The number of aromatic nitrogens is 2. The Morgan fingerprint density at radius 2 is 2.29 bits per heavy atom. The third-order valence-electron chi connectivity index (χ3n) is 2.97. The van der Waals surface area contributed by atoms with Gasteiger partial charge >= 0.3 is 0 Å². The molecule has 2 aromatic rings. The minimum atomic E-state index is -0.305. The minimum absolute atomic E-state index is 0.0967. The molecule has 1 aliphatic heterocycles. The highest BCUT2D eigenvalue weighted by molar-refractivity contribution is 5.39. The maximum absolute atomic E-state index is 13.2. The first-order valence-corrected chi connectivity index (χ1v) is 5.47. The molecule has 0 amide bonds. The van der Waals surface area contributed by atoms with Crippen molar-refractivity contribution < 1.29 is 9.50 Å². The number of aliphatic hydroxyl groups is 1. The van der Waals surface area contributed by atoms with E-state index >= 15 is 0 Å². The second-order valence-electron chi connectivity index (χ2n) is 4.03. The van der Waals surface area contributed by atoms with Crippen LogP contribution in [0.3, 0.4) is 0 Å². The van der Waals surface area contributed by atoms with Gasteiger partial charge in [0.25, 0.3) is 0 Å². The van der Waals surface area contributed by atoms with Crippen molar-refractivity contribution in [3.63, 3.8) is 0 Å². The molecule has 17 heavy (non-hydrogen) atoms. The molecule has 88 valence electrons. The van der Waals surface area contributed by atoms with Crippen molar-refractivity contribution in [3.05, 3.63) is 47.0 Å². The summed E-state index contributed by atoms with van der Waals surface area (Å²) in [6, 6.07) is 6.21. The van der Waals surface area contributed by atoms with E-state index in [2.05, 4.69) is 10.4 Å². The predicted molar refractivity (Wildman–Crippen MR) is 60.0 cm³/mol. The van der Waals surface area contributed by atoms with E-state index in [1.54, 1.807) is 16.8 Å². The molecule has 0 saturated carbocycles. The van der Waals surface area contributed by atoms with Crippen LogP contribution in [0.25, 0.3) is 5.69 Å². The van der Waals surface area contributed by atoms with Gasteiger partial charge in [0.2, 0.25) is 0 Å². The highest BCUT2D eigenvalue weighted by atomic mass is 19.1. The van der Waals surface area contributed by atoms with Crippen LogP contribution in [0.15, 0.2) is 24.3 Å². The second-order valence-corrected chi connectivity index (χ2v) is 4.03. The summed E-state index contributed by atoms with van der Waals surface area (Å²) in [7, 11) is 0. The van der Waals surface area contributed by atoms with Crippen LogP contribution in [0.4, 0.5) is 4.39 Å². The second kappa shape index (κ2) is 3.94. The number of hydrogen-bond donors (Lipinski definition) is 2. The first-order valence-electron chi connectivity index (χ1n) is 5.47. The Balaban J connectivity index is 2.15. The fraction of sp³-hybridized carbons (Fsp3) is 0.250. The van der Waals surface area contributed by atoms with Crippen LogP contribution in [-0.4, -0.2) is 14.9 Å². The molecule has 1 aliphatic rings. The number of aliphatic hydroxyl groups excluding tert-OH is 1. The Bertz CT molecular complexity index is 565. The Labute approximate surface area is 97.7 Å². The smallest absolute Gasteiger partial charge is 0.125 e. The molecule has 2 heterocycles. The van der Waals surface area contributed by atoms with E-state index in [-0.39, 0.29) is 12.4 Å². The van der Waals surface area contributed by atoms with Crippen LogP contribution < -0.4 is 5.32 Å². The number of nitrogens with one attached hydrogen (secondary N) is 1. The lowest BCUT2D eigenvalue weighted by molar-refractivity contribution is 0.271. The topological polar surface area (TPSA) is 50.1 Å². The molecule has 0 radical (unpaired) electrons. The van der Waals surface area contributed by atoms with Crippen molar-refractivity contribution in [1.29, 1.82) is 0 Å². The van der Waals surface area contributed by atoms with Crippen LogP contribution in [-0.2, 0) is 19.7 Å². The Morgan fingerprint density at radius 1 is 1.41 bits per heavy atom. The van der Waals surface area contributed by atoms with Gasteiger partial charge in [-0.25, -0.2) is 9.07 Å². The average molecular weight is 233 g/mol. The van der Waals surface area contributed by atoms with Gasteiger partial charge in [-0.3, -0.25) is 0 Å². The number of hydrogen-bond acceptors (Lipinski definition) is 3. The van der Waals surface area contributed by atoms with Gasteiger partial charge < -0.3 is 10.4 Å². The quantitative estimate of drug-likeness (QED) is 0.816. The summed E-state index contributed by atoms with van der Waals surface area (Å²) in [4.78, 5) is 0. The molecule has 0 bridgehead atoms. The third kappa shape index (κ3) is 1.64. The Morgan fingerprint density at radius 3 is 3.06 bits per heavy atom. The molecule has 0 spiro atoms. The molecule has 0 saturated heterocycles. The molecule has 0 atom stereocenters. The van der Waals surface area contributed by atoms with Gasteiger partial charge in [0.05, 0.1) is 23.7 Å². The molecule has 0 unspecified atom stereocenters. The fourth-order valence-corrected chi connectivity index (χ4v) is 2.17. The van der Waals surface area contributed by atoms with Crippen molar-refractivity contribution in [2.45, 2.75) is 19.7 Å². The summed E-state index contributed by atoms with van der Waals surface area (Å²) in [5.74, 6) is -0.305. The number of halogens is 1. The summed E-state index contributed by atoms with van der Waals surface area (Å²) in [6.45, 7) is 1.31. The van der Waals surface area contributed by atoms with Crippen LogP contribution in [0.5, 0.6) is 0 Å². The van der Waals surface area contributed by atoms with Gasteiger partial charge in [-0.1, -0.05) is 6.07 Å². The minimum Gasteiger partial charge on any atom is -0.390 e. The summed E-state index contributed by atoms with van der Waals surface area (Å²) in [5.41, 5.74) is 3.33. The van der Waals surface area contributed by atoms with Gasteiger partial charge in [-0.05, 0) is 18.2 Å². The van der Waals surface area contributed by atoms with Crippen LogP contribution in [0.1, 0.15) is 17.0 Å². The van der Waals surface area contributed by atoms with Crippen molar-refractivity contribution in [2.75, 3.05) is 0 Å². The molecule has 0 aliphatic carbocycles. The normalized spacial score (nSPS) is 14.0. The first kappa shape index (κ1) is 10.4. The molecule has 3 rings (SSSR count). The molecular formula is C12H12FN3O. The van der Waals surface area contributed by atoms with Crippen LogP contribution in [0, 0.1) is 5.82 Å². The molecule has 0 fully saturated rings. The summed E-state index contributed by atoms with van der Waals surface area (Å²) in [5, 5.41) is 17.0. The SMILES string of the molecule is OCc1c2c(nn1-c1cccc(F)c1)CNC2. The zero-order chi connectivity index (χ0) is 11.8. The summed E-state index contributed by atoms with van der Waals surface area (Å²) < 4.78 is 14.8. The third-order valence-corrected chi connectivity index (χ3v) is 2.97. The number of fused-ring (bicyclic) bond motifs is 1. The van der Waals surface area contributed by atoms with E-state index in [1.165, 1.54) is 12.1 Å². The largest absolute Gasteiger partial charge is 0.390 e. The highest BCUT2D eigenvalue weighted by Crippen LogP contribution is 2.22. The maximum Gasteiger partial charge on any atom is 0.125 e. The molecule has 1 aromatic carbocycles. The first-order chi connectivity index (χ1) is 8.29. The monoisotopic (exact) mass is 233 g/mol. The number of nitrogens with zero attached hydrogens (tertiary/aromatic N) is 2. The Kier molecular flexibility index (Phi) is 2.42. The van der Waals surface area contributed by atoms with Gasteiger partial charge in [0.1, 0.15) is 5.82 Å². The van der Waals surface area contributed by atoms with Crippen molar-refractivity contribution >= 4 is 0 Å². The fourth-order valence-electron chi connectivity index (χ4n) is 2.17. The van der Waals surface area contributed by atoms with E-state index in [0.717, 1.165) is 17.0 Å². The lowest BCUT2D eigenvalue weighted by Crippen LogP contribution is -2.09. The predicted octanol–water partition coefficient (Wildman–Crippen LogP) is 1.11. The van der Waals surface area contributed by atoms with Crippen LogP contribution in [0.2, 0.25) is 0 Å². The summed E-state index contributed by atoms with van der Waals surface area (Å²) >= 11 is 0. The molecule has 4 nitrogen and oxygen atoms in total. The molecular weight excluding hydrogens is 221 g/mol. The van der Waals surface area contributed by atoms with E-state index in [9.17, 15) is 9.50 Å². The van der Waals surface area contributed by atoms with E-state index in [4.69, 9.17) is 0 Å². The lowest BCUT2D eigenvalue weighted by atomic mass is 10.2. The van der Waals surface area contributed by atoms with Crippen molar-refractivity contribution in [2.24, 2.45) is 0 Å². The average Bonchev–Trinajstić information content (AvgIpc) is 2.88. The lowest BCUT2D eigenvalue weighted by Gasteiger charge is -2.07. The van der Waals surface area contributed by atoms with Gasteiger partial charge in [0.15, 0.2) is 0 Å². The van der Waals surface area contributed by atoms with Gasteiger partial charge in [0, 0.05) is 18.7 Å². The molecule has 2 N–H and O–H groups in total. The zero-order valence-corrected chi connectivity index (χ0v) is 9.15. The highest BCUT2D eigenvalue weighted by Gasteiger charge is 2.21. The van der Waals surface area contributed by atoms with Crippen molar-refractivity contribution in [1.82, 2.24) is 15.1 Å². The number of rotatable bonds is 2. The standard InChI is InChI=1S/C12H12FN3O/c13-8-2-1-3-9(4-8)16-12(7-17)10-5-14-6-11(10)15-16/h1-4,14,17H,5-7H2. The van der Waals surface area contributed by atoms with E-state index in [1.807, 2.05) is 0 Å². The van der Waals surface area contributed by atoms with Gasteiger partial charge in [-0.2, -0.15) is 5.10 Å². The van der Waals surface area contributed by atoms with E-state index < -0.39 is 0 Å². The van der Waals surface area contributed by atoms with Gasteiger partial charge in [-0.15, -0.1) is 0 Å². The summed E-state index contributed by atoms with van der Waals surface area (Å²) in [6.07, 6.45) is 0. The maximum atomic E-state index is 13.2. The van der Waals surface area contributed by atoms with Crippen LogP contribution >= 0.6 is 0 Å².